The van der Waals surface area contributed by atoms with Crippen LogP contribution >= 0.6 is 22.7 Å². The number of nitrogens with zero attached hydrogens (tertiary/aromatic N) is 1. The zero-order valence-corrected chi connectivity index (χ0v) is 11.1. The number of thiazole rings is 1. The highest BCUT2D eigenvalue weighted by Crippen LogP contribution is 2.23. The van der Waals surface area contributed by atoms with E-state index in [9.17, 15) is 0 Å². The van der Waals surface area contributed by atoms with E-state index in [2.05, 4.69) is 46.9 Å². The van der Waals surface area contributed by atoms with Crippen LogP contribution < -0.4 is 5.32 Å². The molecule has 4 heteroatoms. The maximum atomic E-state index is 4.28. The second-order valence-electron chi connectivity index (χ2n) is 3.92. The second-order valence-corrected chi connectivity index (χ2v) is 5.80. The zero-order chi connectivity index (χ0) is 11.7. The van der Waals surface area contributed by atoms with E-state index < -0.39 is 0 Å². The van der Waals surface area contributed by atoms with Crippen LogP contribution in [0.1, 0.15) is 10.4 Å². The van der Waals surface area contributed by atoms with Gasteiger partial charge in [0.1, 0.15) is 0 Å². The molecule has 0 spiro atoms. The molecule has 0 aliphatic carbocycles. The third-order valence-corrected chi connectivity index (χ3v) is 4.57. The molecular formula is C13H12N2S2. The number of nitrogens with one attached hydrogen (secondary N) is 1. The molecule has 3 aromatic rings. The normalized spacial score (nSPS) is 10.9. The molecule has 0 saturated heterocycles. The second kappa shape index (κ2) is 4.47. The maximum absolute atomic E-state index is 4.28. The van der Waals surface area contributed by atoms with Crippen molar-refractivity contribution in [2.75, 3.05) is 5.32 Å². The van der Waals surface area contributed by atoms with Crippen LogP contribution in [0.15, 0.2) is 35.2 Å². The van der Waals surface area contributed by atoms with Gasteiger partial charge in [-0.2, -0.15) is 0 Å². The molecule has 0 bridgehead atoms. The summed E-state index contributed by atoms with van der Waals surface area (Å²) in [7, 11) is 0. The minimum atomic E-state index is 0.897. The molecule has 0 atom stereocenters. The monoisotopic (exact) mass is 260 g/mol. The lowest BCUT2D eigenvalue weighted by Crippen LogP contribution is -1.98. The number of hydrogen-bond acceptors (Lipinski definition) is 4. The van der Waals surface area contributed by atoms with Crippen molar-refractivity contribution in [3.05, 3.63) is 45.6 Å². The lowest BCUT2D eigenvalue weighted by molar-refractivity contribution is 1.17. The van der Waals surface area contributed by atoms with Gasteiger partial charge in [-0.15, -0.1) is 22.7 Å². The largest absolute Gasteiger partial charge is 0.380 e. The van der Waals surface area contributed by atoms with E-state index in [1.165, 1.54) is 15.1 Å². The standard InChI is InChI=1S/C13H12N2S2/c1-9-4-5-16-13(9)7-14-10-2-3-11-12(6-10)17-8-15-11/h2-6,8,14H,7H2,1H3. The Hall–Kier alpha value is -1.39. The van der Waals surface area contributed by atoms with Crippen molar-refractivity contribution in [1.29, 1.82) is 0 Å². The highest BCUT2D eigenvalue weighted by Gasteiger charge is 2.01. The molecule has 1 N–H and O–H groups in total. The summed E-state index contributed by atoms with van der Waals surface area (Å²) in [6, 6.07) is 8.48. The van der Waals surface area contributed by atoms with Crippen molar-refractivity contribution in [3.8, 4) is 0 Å². The Morgan fingerprint density at radius 3 is 3.00 bits per heavy atom. The van der Waals surface area contributed by atoms with Crippen LogP contribution in [0.4, 0.5) is 5.69 Å². The van der Waals surface area contributed by atoms with Crippen LogP contribution in [0.25, 0.3) is 10.2 Å². The number of thiophene rings is 1. The number of hydrogen-bond donors (Lipinski definition) is 1. The van der Waals surface area contributed by atoms with E-state index in [0.29, 0.717) is 0 Å². The molecule has 86 valence electrons. The highest BCUT2D eigenvalue weighted by molar-refractivity contribution is 7.16. The Labute approximate surface area is 108 Å². The van der Waals surface area contributed by atoms with Crippen molar-refractivity contribution >= 4 is 38.6 Å². The minimum absolute atomic E-state index is 0.897. The smallest absolute Gasteiger partial charge is 0.0813 e. The van der Waals surface area contributed by atoms with Gasteiger partial charge >= 0.3 is 0 Å². The summed E-state index contributed by atoms with van der Waals surface area (Å²) in [4.78, 5) is 5.67. The average Bonchev–Trinajstić information content (AvgIpc) is 2.94. The number of benzene rings is 1. The molecule has 0 radical (unpaired) electrons. The van der Waals surface area contributed by atoms with E-state index in [1.54, 1.807) is 22.7 Å². The summed E-state index contributed by atoms with van der Waals surface area (Å²) in [6.45, 7) is 3.05. The quantitative estimate of drug-likeness (QED) is 0.760. The van der Waals surface area contributed by atoms with E-state index in [-0.39, 0.29) is 0 Å². The predicted molar refractivity (Wildman–Crippen MR) is 76.0 cm³/mol. The molecule has 0 unspecified atom stereocenters. The molecule has 0 fully saturated rings. The van der Waals surface area contributed by atoms with Gasteiger partial charge < -0.3 is 5.32 Å². The van der Waals surface area contributed by atoms with Crippen molar-refractivity contribution in [2.24, 2.45) is 0 Å². The Kier molecular flexibility index (Phi) is 2.82. The van der Waals surface area contributed by atoms with Crippen molar-refractivity contribution in [2.45, 2.75) is 13.5 Å². The Morgan fingerprint density at radius 1 is 1.24 bits per heavy atom. The van der Waals surface area contributed by atoms with Crippen LogP contribution in [0.5, 0.6) is 0 Å². The zero-order valence-electron chi connectivity index (χ0n) is 9.43. The molecule has 0 amide bonds. The molecule has 17 heavy (non-hydrogen) atoms. The van der Waals surface area contributed by atoms with Crippen LogP contribution in [0, 0.1) is 6.92 Å². The molecule has 2 nitrogen and oxygen atoms in total. The predicted octanol–water partition coefficient (Wildman–Crippen LogP) is 4.28. The third-order valence-electron chi connectivity index (χ3n) is 2.75. The molecule has 2 heterocycles. The fourth-order valence-corrected chi connectivity index (χ4v) is 3.29. The summed E-state index contributed by atoms with van der Waals surface area (Å²) in [5, 5.41) is 5.60. The average molecular weight is 260 g/mol. The van der Waals surface area contributed by atoms with Crippen LogP contribution in [-0.4, -0.2) is 4.98 Å². The van der Waals surface area contributed by atoms with E-state index >= 15 is 0 Å². The van der Waals surface area contributed by atoms with Crippen molar-refractivity contribution in [1.82, 2.24) is 4.98 Å². The fraction of sp³-hybridized carbons (Fsp3) is 0.154. The number of aromatic nitrogens is 1. The van der Waals surface area contributed by atoms with Gasteiger partial charge in [-0.05, 0) is 42.1 Å². The SMILES string of the molecule is Cc1ccsc1CNc1ccc2ncsc2c1. The number of aryl methyl sites for hydroxylation is 1. The third kappa shape index (κ3) is 2.18. The summed E-state index contributed by atoms with van der Waals surface area (Å²) >= 11 is 3.48. The Morgan fingerprint density at radius 2 is 2.18 bits per heavy atom. The lowest BCUT2D eigenvalue weighted by atomic mass is 10.2. The van der Waals surface area contributed by atoms with Crippen LogP contribution in [-0.2, 0) is 6.54 Å². The van der Waals surface area contributed by atoms with Crippen molar-refractivity contribution < 1.29 is 0 Å². The van der Waals surface area contributed by atoms with E-state index in [4.69, 9.17) is 0 Å². The molecule has 2 aromatic heterocycles. The van der Waals surface area contributed by atoms with Crippen molar-refractivity contribution in [3.63, 3.8) is 0 Å². The summed E-state index contributed by atoms with van der Waals surface area (Å²) in [6.07, 6.45) is 0. The lowest BCUT2D eigenvalue weighted by Gasteiger charge is -2.05. The molecule has 0 saturated carbocycles. The summed E-state index contributed by atoms with van der Waals surface area (Å²) < 4.78 is 1.23. The van der Waals surface area contributed by atoms with Gasteiger partial charge in [0.2, 0.25) is 0 Å². The van der Waals surface area contributed by atoms with Gasteiger partial charge in [0.15, 0.2) is 0 Å². The summed E-state index contributed by atoms with van der Waals surface area (Å²) in [5.41, 5.74) is 5.49. The maximum Gasteiger partial charge on any atom is 0.0813 e. The van der Waals surface area contributed by atoms with Gasteiger partial charge in [0.05, 0.1) is 15.7 Å². The van der Waals surface area contributed by atoms with Gasteiger partial charge in [-0.25, -0.2) is 4.98 Å². The molecule has 0 aliphatic heterocycles. The topological polar surface area (TPSA) is 24.9 Å². The first-order valence-corrected chi connectivity index (χ1v) is 7.19. The van der Waals surface area contributed by atoms with Gasteiger partial charge in [-0.3, -0.25) is 0 Å². The molecule has 1 aromatic carbocycles. The first-order valence-electron chi connectivity index (χ1n) is 5.43. The minimum Gasteiger partial charge on any atom is -0.380 e. The van der Waals surface area contributed by atoms with E-state index in [0.717, 1.165) is 17.7 Å². The Balaban J connectivity index is 1.78. The van der Waals surface area contributed by atoms with Crippen LogP contribution in [0.3, 0.4) is 0 Å². The van der Waals surface area contributed by atoms with Gasteiger partial charge in [0, 0.05) is 17.1 Å². The summed E-state index contributed by atoms with van der Waals surface area (Å²) in [5.74, 6) is 0. The molecular weight excluding hydrogens is 248 g/mol. The van der Waals surface area contributed by atoms with E-state index in [1.807, 2.05) is 5.51 Å². The molecule has 0 aliphatic rings. The number of fused-ring (bicyclic) bond motifs is 1. The van der Waals surface area contributed by atoms with Crippen LogP contribution in [0.2, 0.25) is 0 Å². The first-order chi connectivity index (χ1) is 8.33. The fourth-order valence-electron chi connectivity index (χ4n) is 1.73. The first kappa shape index (κ1) is 10.7. The molecule has 3 rings (SSSR count). The van der Waals surface area contributed by atoms with Gasteiger partial charge in [0.25, 0.3) is 0 Å². The van der Waals surface area contributed by atoms with Gasteiger partial charge in [-0.1, -0.05) is 0 Å². The number of rotatable bonds is 3. The highest BCUT2D eigenvalue weighted by atomic mass is 32.1. The number of anilines is 1. The Bertz CT molecular complexity index is 639.